The molecule has 3 aromatic heterocycles. The van der Waals surface area contributed by atoms with E-state index in [0.29, 0.717) is 54.2 Å². The number of H-pyrrole nitrogens is 1. The molecule has 6 rings (SSSR count). The topological polar surface area (TPSA) is 129 Å². The van der Waals surface area contributed by atoms with E-state index in [0.717, 1.165) is 30.7 Å². The van der Waals surface area contributed by atoms with Gasteiger partial charge in [-0.3, -0.25) is 0 Å². The minimum absolute atomic E-state index is 0.0929. The highest BCUT2D eigenvalue weighted by Gasteiger charge is 2.44. The van der Waals surface area contributed by atoms with E-state index in [-0.39, 0.29) is 22.5 Å². The fraction of sp³-hybridized carbons (Fsp3) is 0.519. The maximum absolute atomic E-state index is 13.2. The Balaban J connectivity index is 1.02. The van der Waals surface area contributed by atoms with Gasteiger partial charge in [-0.05, 0) is 56.8 Å². The lowest BCUT2D eigenvalue weighted by atomic mass is 9.76. The number of rotatable bonds is 7. The van der Waals surface area contributed by atoms with Gasteiger partial charge >= 0.3 is 6.18 Å². The van der Waals surface area contributed by atoms with E-state index in [2.05, 4.69) is 24.8 Å². The van der Waals surface area contributed by atoms with E-state index in [4.69, 9.17) is 17.3 Å². The van der Waals surface area contributed by atoms with Gasteiger partial charge in [-0.25, -0.2) is 15.0 Å². The van der Waals surface area contributed by atoms with Crippen LogP contribution in [-0.4, -0.2) is 71.5 Å². The van der Waals surface area contributed by atoms with Crippen LogP contribution in [0.25, 0.3) is 22.1 Å². The summed E-state index contributed by atoms with van der Waals surface area (Å²) in [7, 11) is 2.05. The normalized spacial score (nSPS) is 27.2. The van der Waals surface area contributed by atoms with Crippen molar-refractivity contribution in [3.63, 3.8) is 0 Å². The van der Waals surface area contributed by atoms with Gasteiger partial charge in [0, 0.05) is 31.1 Å². The van der Waals surface area contributed by atoms with E-state index in [9.17, 15) is 23.4 Å². The zero-order valence-corrected chi connectivity index (χ0v) is 22.6. The van der Waals surface area contributed by atoms with Gasteiger partial charge in [0.2, 0.25) is 0 Å². The zero-order chi connectivity index (χ0) is 28.3. The first-order valence-electron chi connectivity index (χ1n) is 13.4. The SMILES string of the molecule is CN(CC1C[C@@H](n2ccc3c(N)ncnc32)[C@H](O)[C@@H]1O)[C@H]1C[C@@H](CCc2nc3cc(C(F)(F)F)c(Cl)cc3[nH]2)C1. The Bertz CT molecular complexity index is 1530. The maximum atomic E-state index is 13.2. The van der Waals surface area contributed by atoms with Crippen molar-refractivity contribution < 1.29 is 23.4 Å². The first-order valence-corrected chi connectivity index (χ1v) is 13.8. The number of aliphatic hydroxyl groups is 2. The van der Waals surface area contributed by atoms with Crippen LogP contribution in [0, 0.1) is 11.8 Å². The summed E-state index contributed by atoms with van der Waals surface area (Å²) in [5, 5.41) is 22.1. The van der Waals surface area contributed by atoms with Crippen LogP contribution in [0.1, 0.15) is 43.1 Å². The third-order valence-corrected chi connectivity index (χ3v) is 9.05. The molecule has 9 nitrogen and oxygen atoms in total. The van der Waals surface area contributed by atoms with Gasteiger partial charge in [0.1, 0.15) is 29.7 Å². The number of imidazole rings is 1. The predicted molar refractivity (Wildman–Crippen MR) is 145 cm³/mol. The van der Waals surface area contributed by atoms with Gasteiger partial charge in [0.05, 0.1) is 39.2 Å². The van der Waals surface area contributed by atoms with Gasteiger partial charge in [-0.15, -0.1) is 0 Å². The fourth-order valence-corrected chi connectivity index (χ4v) is 6.66. The number of fused-ring (bicyclic) bond motifs is 2. The molecule has 1 unspecified atom stereocenters. The summed E-state index contributed by atoms with van der Waals surface area (Å²) < 4.78 is 41.3. The first-order chi connectivity index (χ1) is 19.0. The molecule has 2 fully saturated rings. The molecular formula is C27H31ClF3N7O2. The molecule has 0 saturated heterocycles. The number of hydrogen-bond donors (Lipinski definition) is 4. The summed E-state index contributed by atoms with van der Waals surface area (Å²) in [6, 6.07) is 4.17. The molecule has 2 aliphatic carbocycles. The van der Waals surface area contributed by atoms with Crippen LogP contribution in [0.3, 0.4) is 0 Å². The van der Waals surface area contributed by atoms with Crippen molar-refractivity contribution in [3.8, 4) is 0 Å². The lowest BCUT2D eigenvalue weighted by Gasteiger charge is -2.42. The number of benzene rings is 1. The summed E-state index contributed by atoms with van der Waals surface area (Å²) in [5.74, 6) is 1.43. The average molecular weight is 578 g/mol. The van der Waals surface area contributed by atoms with E-state index < -0.39 is 23.9 Å². The smallest absolute Gasteiger partial charge is 0.390 e. The monoisotopic (exact) mass is 577 g/mol. The summed E-state index contributed by atoms with van der Waals surface area (Å²) in [6.45, 7) is 0.661. The van der Waals surface area contributed by atoms with Gasteiger partial charge < -0.3 is 30.4 Å². The van der Waals surface area contributed by atoms with E-state index >= 15 is 0 Å². The molecule has 2 saturated carbocycles. The van der Waals surface area contributed by atoms with Gasteiger partial charge in [-0.2, -0.15) is 13.2 Å². The van der Waals surface area contributed by atoms with Crippen LogP contribution in [0.4, 0.5) is 19.0 Å². The second kappa shape index (κ2) is 10.2. The Kier molecular flexibility index (Phi) is 6.92. The Labute approximate surface area is 233 Å². The molecule has 0 bridgehead atoms. The number of hydrogen-bond acceptors (Lipinski definition) is 7. The fourth-order valence-electron chi connectivity index (χ4n) is 6.39. The predicted octanol–water partition coefficient (Wildman–Crippen LogP) is 4.19. The van der Waals surface area contributed by atoms with Crippen LogP contribution in [0.2, 0.25) is 5.02 Å². The summed E-state index contributed by atoms with van der Waals surface area (Å²) >= 11 is 5.83. The molecule has 2 aliphatic rings. The van der Waals surface area contributed by atoms with E-state index in [1.807, 2.05) is 23.9 Å². The molecule has 0 spiro atoms. The number of aromatic nitrogens is 5. The summed E-state index contributed by atoms with van der Waals surface area (Å²) in [4.78, 5) is 18.1. The summed E-state index contributed by atoms with van der Waals surface area (Å²) in [6.07, 6.45) is 1.08. The first kappa shape index (κ1) is 27.3. The molecule has 0 amide bonds. The third-order valence-electron chi connectivity index (χ3n) is 8.74. The molecule has 3 heterocycles. The molecule has 214 valence electrons. The third kappa shape index (κ3) is 4.91. The van der Waals surface area contributed by atoms with Crippen LogP contribution in [0.15, 0.2) is 30.7 Å². The second-order valence-electron chi connectivity index (χ2n) is 11.3. The maximum Gasteiger partial charge on any atom is 0.417 e. The quantitative estimate of drug-likeness (QED) is 0.259. The highest BCUT2D eigenvalue weighted by Crippen LogP contribution is 2.41. The number of anilines is 1. The van der Waals surface area contributed by atoms with Gasteiger partial charge in [0.25, 0.3) is 0 Å². The molecule has 4 atom stereocenters. The van der Waals surface area contributed by atoms with Crippen LogP contribution < -0.4 is 5.73 Å². The lowest BCUT2D eigenvalue weighted by molar-refractivity contribution is -0.137. The number of nitrogens with one attached hydrogen (secondary N) is 1. The standard InChI is InChI=1S/C27H31ClF3N7O2/c1-37(11-14-8-21(24(40)23(14)39)38-5-4-16-25(32)33-12-34-26(16)38)15-6-13(7-15)2-3-22-35-19-9-17(27(29,30)31)18(28)10-20(19)36-22/h4-5,9-10,12-15,21,23-24,39-40H,2-3,6-8,11H2,1H3,(H,35,36)(H2,32,33,34)/t13-,14?,15+,21-,23-,24+/m1/s1. The number of aliphatic hydroxyl groups excluding tert-OH is 2. The molecule has 40 heavy (non-hydrogen) atoms. The van der Waals surface area contributed by atoms with Crippen LogP contribution >= 0.6 is 11.6 Å². The molecule has 5 N–H and O–H groups in total. The molecule has 13 heteroatoms. The highest BCUT2D eigenvalue weighted by molar-refractivity contribution is 6.32. The van der Waals surface area contributed by atoms with Crippen molar-refractivity contribution in [2.24, 2.45) is 11.8 Å². The average Bonchev–Trinajstić information content (AvgIpc) is 3.54. The molecule has 0 radical (unpaired) electrons. The molecule has 0 aliphatic heterocycles. The van der Waals surface area contributed by atoms with Crippen molar-refractivity contribution in [3.05, 3.63) is 47.1 Å². The number of nitrogens with two attached hydrogens (primary N) is 1. The number of aryl methyl sites for hydroxylation is 1. The van der Waals surface area contributed by atoms with Crippen molar-refractivity contribution in [1.82, 2.24) is 29.4 Å². The number of alkyl halides is 3. The van der Waals surface area contributed by atoms with Gasteiger partial charge in [-0.1, -0.05) is 11.6 Å². The van der Waals surface area contributed by atoms with E-state index in [1.54, 1.807) is 0 Å². The Hall–Kier alpha value is -2.93. The van der Waals surface area contributed by atoms with Crippen molar-refractivity contribution in [2.45, 2.75) is 62.6 Å². The van der Waals surface area contributed by atoms with Crippen LogP contribution in [-0.2, 0) is 12.6 Å². The number of nitrogens with zero attached hydrogens (tertiary/aromatic N) is 5. The lowest BCUT2D eigenvalue weighted by Crippen LogP contribution is -2.46. The summed E-state index contributed by atoms with van der Waals surface area (Å²) in [5.41, 5.74) is 6.48. The van der Waals surface area contributed by atoms with Crippen molar-refractivity contribution >= 4 is 39.5 Å². The molecular weight excluding hydrogens is 547 g/mol. The number of aromatic amines is 1. The van der Waals surface area contributed by atoms with Crippen molar-refractivity contribution in [1.29, 1.82) is 0 Å². The van der Waals surface area contributed by atoms with Crippen molar-refractivity contribution in [2.75, 3.05) is 19.3 Å². The number of nitrogen functional groups attached to an aromatic ring is 1. The largest absolute Gasteiger partial charge is 0.417 e. The molecule has 4 aromatic rings. The molecule has 1 aromatic carbocycles. The van der Waals surface area contributed by atoms with Crippen LogP contribution in [0.5, 0.6) is 0 Å². The number of halogens is 4. The Morgan fingerprint density at radius 1 is 1.18 bits per heavy atom. The minimum atomic E-state index is -4.52. The van der Waals surface area contributed by atoms with E-state index in [1.165, 1.54) is 12.4 Å². The highest BCUT2D eigenvalue weighted by atomic mass is 35.5. The second-order valence-corrected chi connectivity index (χ2v) is 11.7. The minimum Gasteiger partial charge on any atom is -0.390 e. The zero-order valence-electron chi connectivity index (χ0n) is 21.8. The Morgan fingerprint density at radius 2 is 1.95 bits per heavy atom. The Morgan fingerprint density at radius 3 is 2.70 bits per heavy atom. The van der Waals surface area contributed by atoms with Gasteiger partial charge in [0.15, 0.2) is 0 Å².